The Morgan fingerprint density at radius 2 is 1.84 bits per heavy atom. The molecule has 1 aliphatic carbocycles. The standard InChI is InChI=1S/C14H17F2NO2/c15-11-4-3-5-12(16)10(11)8-13(19)17-14(9-18)6-1-2-7-14/h3-5,18H,1-2,6-9H2,(H,17,19). The molecule has 19 heavy (non-hydrogen) atoms. The van der Waals surface area contributed by atoms with E-state index in [4.69, 9.17) is 0 Å². The van der Waals surface area contributed by atoms with E-state index in [2.05, 4.69) is 5.32 Å². The average molecular weight is 269 g/mol. The van der Waals surface area contributed by atoms with Gasteiger partial charge in [0, 0.05) is 5.56 Å². The number of nitrogens with one attached hydrogen (secondary N) is 1. The van der Waals surface area contributed by atoms with Crippen molar-refractivity contribution >= 4 is 5.91 Å². The Hall–Kier alpha value is -1.49. The number of carbonyl (C=O) groups is 1. The molecule has 0 aromatic heterocycles. The molecule has 1 aliphatic rings. The van der Waals surface area contributed by atoms with E-state index in [9.17, 15) is 18.7 Å². The summed E-state index contributed by atoms with van der Waals surface area (Å²) in [4.78, 5) is 11.9. The maximum absolute atomic E-state index is 13.4. The van der Waals surface area contributed by atoms with Crippen LogP contribution < -0.4 is 5.32 Å². The van der Waals surface area contributed by atoms with Crippen LogP contribution in [-0.4, -0.2) is 23.2 Å². The number of rotatable bonds is 4. The van der Waals surface area contributed by atoms with Crippen molar-refractivity contribution in [3.8, 4) is 0 Å². The molecular formula is C14H17F2NO2. The van der Waals surface area contributed by atoms with Gasteiger partial charge in [0.25, 0.3) is 0 Å². The predicted octanol–water partition coefficient (Wildman–Crippen LogP) is 1.93. The highest BCUT2D eigenvalue weighted by Crippen LogP contribution is 2.29. The molecule has 1 amide bonds. The van der Waals surface area contributed by atoms with E-state index >= 15 is 0 Å². The van der Waals surface area contributed by atoms with Crippen LogP contribution in [0, 0.1) is 11.6 Å². The second-order valence-electron chi connectivity index (χ2n) is 5.07. The lowest BCUT2D eigenvalue weighted by atomic mass is 9.98. The summed E-state index contributed by atoms with van der Waals surface area (Å²) in [7, 11) is 0. The topological polar surface area (TPSA) is 49.3 Å². The molecule has 1 fully saturated rings. The van der Waals surface area contributed by atoms with Gasteiger partial charge in [0.2, 0.25) is 5.91 Å². The van der Waals surface area contributed by atoms with Crippen molar-refractivity contribution in [2.24, 2.45) is 0 Å². The summed E-state index contributed by atoms with van der Waals surface area (Å²) in [5.74, 6) is -1.90. The van der Waals surface area contributed by atoms with Gasteiger partial charge in [-0.3, -0.25) is 4.79 Å². The van der Waals surface area contributed by atoms with Crippen LogP contribution in [0.2, 0.25) is 0 Å². The molecule has 0 saturated heterocycles. The smallest absolute Gasteiger partial charge is 0.225 e. The Balaban J connectivity index is 2.05. The minimum absolute atomic E-state index is 0.140. The Morgan fingerprint density at radius 1 is 1.26 bits per heavy atom. The van der Waals surface area contributed by atoms with Gasteiger partial charge in [0.1, 0.15) is 11.6 Å². The summed E-state index contributed by atoms with van der Waals surface area (Å²) in [6.45, 7) is -0.140. The minimum Gasteiger partial charge on any atom is -0.394 e. The highest BCUT2D eigenvalue weighted by atomic mass is 19.1. The van der Waals surface area contributed by atoms with E-state index in [1.807, 2.05) is 0 Å². The van der Waals surface area contributed by atoms with Gasteiger partial charge in [0.05, 0.1) is 18.6 Å². The first-order chi connectivity index (χ1) is 9.06. The molecule has 0 aliphatic heterocycles. The van der Waals surface area contributed by atoms with Crippen molar-refractivity contribution in [3.63, 3.8) is 0 Å². The first-order valence-corrected chi connectivity index (χ1v) is 6.41. The summed E-state index contributed by atoms with van der Waals surface area (Å²) in [5.41, 5.74) is -0.843. The van der Waals surface area contributed by atoms with Crippen molar-refractivity contribution in [3.05, 3.63) is 35.4 Å². The van der Waals surface area contributed by atoms with Crippen LogP contribution in [-0.2, 0) is 11.2 Å². The van der Waals surface area contributed by atoms with Crippen LogP contribution in [0.3, 0.4) is 0 Å². The molecule has 0 radical (unpaired) electrons. The Bertz CT molecular complexity index is 450. The van der Waals surface area contributed by atoms with Crippen molar-refractivity contribution < 1.29 is 18.7 Å². The Morgan fingerprint density at radius 3 is 2.37 bits per heavy atom. The van der Waals surface area contributed by atoms with E-state index in [1.165, 1.54) is 6.07 Å². The lowest BCUT2D eigenvalue weighted by molar-refractivity contribution is -0.123. The number of aliphatic hydroxyl groups excluding tert-OH is 1. The van der Waals surface area contributed by atoms with Crippen LogP contribution in [0.1, 0.15) is 31.2 Å². The molecule has 3 nitrogen and oxygen atoms in total. The number of amides is 1. The zero-order valence-electron chi connectivity index (χ0n) is 10.6. The maximum atomic E-state index is 13.4. The normalized spacial score (nSPS) is 17.4. The van der Waals surface area contributed by atoms with E-state index in [0.29, 0.717) is 12.8 Å². The number of halogens is 2. The molecule has 5 heteroatoms. The molecule has 1 saturated carbocycles. The van der Waals surface area contributed by atoms with Gasteiger partial charge in [-0.05, 0) is 25.0 Å². The molecule has 0 atom stereocenters. The van der Waals surface area contributed by atoms with Crippen LogP contribution in [0.25, 0.3) is 0 Å². The lowest BCUT2D eigenvalue weighted by Gasteiger charge is -2.28. The molecule has 0 heterocycles. The summed E-state index contributed by atoms with van der Waals surface area (Å²) < 4.78 is 26.9. The van der Waals surface area contributed by atoms with E-state index in [-0.39, 0.29) is 18.6 Å². The second kappa shape index (κ2) is 5.65. The molecule has 0 bridgehead atoms. The third kappa shape index (κ3) is 3.10. The molecule has 2 rings (SSSR count). The number of aliphatic hydroxyl groups is 1. The van der Waals surface area contributed by atoms with E-state index < -0.39 is 23.1 Å². The van der Waals surface area contributed by atoms with Crippen LogP contribution in [0.4, 0.5) is 8.78 Å². The van der Waals surface area contributed by atoms with E-state index in [0.717, 1.165) is 25.0 Å². The first-order valence-electron chi connectivity index (χ1n) is 6.41. The summed E-state index contributed by atoms with van der Waals surface area (Å²) in [6, 6.07) is 3.52. The van der Waals surface area contributed by atoms with Gasteiger partial charge in [-0.1, -0.05) is 18.9 Å². The molecule has 0 unspecified atom stereocenters. The second-order valence-corrected chi connectivity index (χ2v) is 5.07. The Kier molecular flexibility index (Phi) is 4.14. The average Bonchev–Trinajstić information content (AvgIpc) is 2.83. The highest BCUT2D eigenvalue weighted by Gasteiger charge is 2.34. The van der Waals surface area contributed by atoms with Gasteiger partial charge in [0.15, 0.2) is 0 Å². The highest BCUT2D eigenvalue weighted by molar-refractivity contribution is 5.79. The minimum atomic E-state index is -0.723. The fraction of sp³-hybridized carbons (Fsp3) is 0.500. The quantitative estimate of drug-likeness (QED) is 0.877. The molecule has 1 aromatic carbocycles. The largest absolute Gasteiger partial charge is 0.394 e. The van der Waals surface area contributed by atoms with Crippen LogP contribution in [0.15, 0.2) is 18.2 Å². The van der Waals surface area contributed by atoms with Crippen molar-refractivity contribution in [2.45, 2.75) is 37.6 Å². The third-order valence-corrected chi connectivity index (χ3v) is 3.67. The fourth-order valence-electron chi connectivity index (χ4n) is 2.58. The molecule has 104 valence electrons. The zero-order chi connectivity index (χ0) is 13.9. The number of carbonyl (C=O) groups excluding carboxylic acids is 1. The molecular weight excluding hydrogens is 252 g/mol. The van der Waals surface area contributed by atoms with Crippen LogP contribution >= 0.6 is 0 Å². The fourth-order valence-corrected chi connectivity index (χ4v) is 2.58. The van der Waals surface area contributed by atoms with Gasteiger partial charge in [-0.25, -0.2) is 8.78 Å². The predicted molar refractivity (Wildman–Crippen MR) is 66.5 cm³/mol. The van der Waals surface area contributed by atoms with Crippen molar-refractivity contribution in [1.82, 2.24) is 5.32 Å². The Labute approximate surface area is 110 Å². The molecule has 0 spiro atoms. The van der Waals surface area contributed by atoms with Crippen molar-refractivity contribution in [2.75, 3.05) is 6.61 Å². The number of hydrogen-bond donors (Lipinski definition) is 2. The lowest BCUT2D eigenvalue weighted by Crippen LogP contribution is -2.49. The number of benzene rings is 1. The summed E-state index contributed by atoms with van der Waals surface area (Å²) in [5, 5.41) is 12.1. The van der Waals surface area contributed by atoms with Gasteiger partial charge in [-0.2, -0.15) is 0 Å². The van der Waals surface area contributed by atoms with Crippen LogP contribution in [0.5, 0.6) is 0 Å². The van der Waals surface area contributed by atoms with E-state index in [1.54, 1.807) is 0 Å². The molecule has 2 N–H and O–H groups in total. The SMILES string of the molecule is O=C(Cc1c(F)cccc1F)NC1(CO)CCCC1. The van der Waals surface area contributed by atoms with Crippen molar-refractivity contribution in [1.29, 1.82) is 0 Å². The first kappa shape index (κ1) is 13.9. The third-order valence-electron chi connectivity index (χ3n) is 3.67. The van der Waals surface area contributed by atoms with Gasteiger partial charge >= 0.3 is 0 Å². The molecule has 1 aromatic rings. The summed E-state index contributed by atoms with van der Waals surface area (Å²) in [6.07, 6.45) is 2.94. The number of hydrogen-bond acceptors (Lipinski definition) is 2. The van der Waals surface area contributed by atoms with Gasteiger partial charge < -0.3 is 10.4 Å². The maximum Gasteiger partial charge on any atom is 0.225 e. The van der Waals surface area contributed by atoms with Gasteiger partial charge in [-0.15, -0.1) is 0 Å². The zero-order valence-corrected chi connectivity index (χ0v) is 10.6. The summed E-state index contributed by atoms with van der Waals surface area (Å²) >= 11 is 0. The monoisotopic (exact) mass is 269 g/mol.